The Balaban J connectivity index is 1.59. The van der Waals surface area contributed by atoms with E-state index in [-0.39, 0.29) is 0 Å². The van der Waals surface area contributed by atoms with Gasteiger partial charge in [-0.3, -0.25) is 9.78 Å². The van der Waals surface area contributed by atoms with Crippen LogP contribution in [0.2, 0.25) is 0 Å². The SMILES string of the molecule is NC(=O)c1cnccc1NCC1CCN(c2ccccc2)C1. The number of rotatable bonds is 5. The number of nitrogens with two attached hydrogens (primary N) is 1. The molecular weight excluding hydrogens is 276 g/mol. The van der Waals surface area contributed by atoms with Crippen LogP contribution in [0, 0.1) is 5.92 Å². The standard InChI is InChI=1S/C17H20N4O/c18-17(22)15-11-19-8-6-16(15)20-10-13-7-9-21(12-13)14-4-2-1-3-5-14/h1-6,8,11,13H,7,9-10,12H2,(H2,18,22)(H,19,20). The molecule has 0 bridgehead atoms. The number of hydrogen-bond donors (Lipinski definition) is 2. The molecule has 1 aromatic carbocycles. The number of carbonyl (C=O) groups is 1. The first-order valence-corrected chi connectivity index (χ1v) is 7.51. The summed E-state index contributed by atoms with van der Waals surface area (Å²) in [5.74, 6) is 0.0991. The van der Waals surface area contributed by atoms with Crippen LogP contribution in [0.1, 0.15) is 16.8 Å². The van der Waals surface area contributed by atoms with E-state index >= 15 is 0 Å². The van der Waals surface area contributed by atoms with Gasteiger partial charge in [-0.1, -0.05) is 18.2 Å². The molecule has 3 rings (SSSR count). The van der Waals surface area contributed by atoms with Gasteiger partial charge in [0.25, 0.3) is 5.91 Å². The molecule has 1 saturated heterocycles. The lowest BCUT2D eigenvalue weighted by Gasteiger charge is -2.19. The quantitative estimate of drug-likeness (QED) is 0.886. The van der Waals surface area contributed by atoms with Crippen molar-refractivity contribution in [3.8, 4) is 0 Å². The molecule has 5 heteroatoms. The first-order chi connectivity index (χ1) is 10.7. The monoisotopic (exact) mass is 296 g/mol. The summed E-state index contributed by atoms with van der Waals surface area (Å²) in [6.07, 6.45) is 4.31. The van der Waals surface area contributed by atoms with Crippen molar-refractivity contribution < 1.29 is 4.79 Å². The third-order valence-corrected chi connectivity index (χ3v) is 4.07. The van der Waals surface area contributed by atoms with Crippen molar-refractivity contribution in [1.82, 2.24) is 4.98 Å². The molecule has 0 saturated carbocycles. The van der Waals surface area contributed by atoms with Gasteiger partial charge in [0.2, 0.25) is 0 Å². The lowest BCUT2D eigenvalue weighted by Crippen LogP contribution is -2.23. The number of amides is 1. The maximum atomic E-state index is 11.4. The Hall–Kier alpha value is -2.56. The van der Waals surface area contributed by atoms with Gasteiger partial charge in [0, 0.05) is 37.7 Å². The molecule has 0 aliphatic carbocycles. The van der Waals surface area contributed by atoms with E-state index in [1.54, 1.807) is 12.3 Å². The third kappa shape index (κ3) is 3.19. The van der Waals surface area contributed by atoms with E-state index in [4.69, 9.17) is 5.73 Å². The van der Waals surface area contributed by atoms with Crippen LogP contribution in [0.4, 0.5) is 11.4 Å². The Labute approximate surface area is 130 Å². The number of aromatic nitrogens is 1. The van der Waals surface area contributed by atoms with E-state index < -0.39 is 5.91 Å². The minimum Gasteiger partial charge on any atom is -0.384 e. The zero-order valence-corrected chi connectivity index (χ0v) is 12.4. The van der Waals surface area contributed by atoms with Crippen LogP contribution in [0.25, 0.3) is 0 Å². The van der Waals surface area contributed by atoms with Crippen LogP contribution in [-0.2, 0) is 0 Å². The molecule has 5 nitrogen and oxygen atoms in total. The highest BCUT2D eigenvalue weighted by Gasteiger charge is 2.22. The van der Waals surface area contributed by atoms with E-state index in [1.165, 1.54) is 11.9 Å². The number of para-hydroxylation sites is 1. The van der Waals surface area contributed by atoms with E-state index in [2.05, 4.69) is 39.5 Å². The zero-order chi connectivity index (χ0) is 15.4. The van der Waals surface area contributed by atoms with Crippen LogP contribution in [0.3, 0.4) is 0 Å². The average molecular weight is 296 g/mol. The number of nitrogens with zero attached hydrogens (tertiary/aromatic N) is 2. The van der Waals surface area contributed by atoms with Gasteiger partial charge in [-0.15, -0.1) is 0 Å². The van der Waals surface area contributed by atoms with E-state index in [0.29, 0.717) is 11.5 Å². The van der Waals surface area contributed by atoms with Crippen LogP contribution < -0.4 is 16.0 Å². The van der Waals surface area contributed by atoms with Gasteiger partial charge in [0.15, 0.2) is 0 Å². The van der Waals surface area contributed by atoms with Gasteiger partial charge in [0.1, 0.15) is 0 Å². The van der Waals surface area contributed by atoms with E-state index in [0.717, 1.165) is 31.7 Å². The van der Waals surface area contributed by atoms with Gasteiger partial charge < -0.3 is 16.0 Å². The molecule has 1 unspecified atom stereocenters. The van der Waals surface area contributed by atoms with Gasteiger partial charge in [0.05, 0.1) is 11.3 Å². The lowest BCUT2D eigenvalue weighted by molar-refractivity contribution is 0.100. The molecule has 1 aliphatic heterocycles. The Morgan fingerprint density at radius 3 is 2.91 bits per heavy atom. The Morgan fingerprint density at radius 2 is 2.14 bits per heavy atom. The summed E-state index contributed by atoms with van der Waals surface area (Å²) in [5, 5.41) is 3.34. The van der Waals surface area contributed by atoms with Gasteiger partial charge in [-0.25, -0.2) is 0 Å². The average Bonchev–Trinajstić information content (AvgIpc) is 3.03. The molecule has 3 N–H and O–H groups in total. The first kappa shape index (κ1) is 14.4. The number of hydrogen-bond acceptors (Lipinski definition) is 4. The summed E-state index contributed by atoms with van der Waals surface area (Å²) in [7, 11) is 0. The minimum atomic E-state index is -0.451. The smallest absolute Gasteiger partial charge is 0.252 e. The van der Waals surface area contributed by atoms with Crippen LogP contribution in [0.5, 0.6) is 0 Å². The Morgan fingerprint density at radius 1 is 1.32 bits per heavy atom. The van der Waals surface area contributed by atoms with Crippen LogP contribution in [-0.4, -0.2) is 30.5 Å². The summed E-state index contributed by atoms with van der Waals surface area (Å²) in [5.41, 5.74) is 7.85. The predicted octanol–water partition coefficient (Wildman–Crippen LogP) is 2.12. The number of carbonyl (C=O) groups excluding carboxylic acids is 1. The van der Waals surface area contributed by atoms with E-state index in [1.807, 2.05) is 6.07 Å². The number of nitrogens with one attached hydrogen (secondary N) is 1. The van der Waals surface area contributed by atoms with Crippen LogP contribution in [0.15, 0.2) is 48.8 Å². The summed E-state index contributed by atoms with van der Waals surface area (Å²) >= 11 is 0. The molecule has 22 heavy (non-hydrogen) atoms. The number of primary amides is 1. The fourth-order valence-corrected chi connectivity index (χ4v) is 2.87. The maximum Gasteiger partial charge on any atom is 0.252 e. The highest BCUT2D eigenvalue weighted by Crippen LogP contribution is 2.24. The summed E-state index contributed by atoms with van der Waals surface area (Å²) in [6.45, 7) is 2.91. The Kier molecular flexibility index (Phi) is 4.23. The van der Waals surface area contributed by atoms with Crippen molar-refractivity contribution in [2.45, 2.75) is 6.42 Å². The normalized spacial score (nSPS) is 17.5. The Bertz CT molecular complexity index is 644. The lowest BCUT2D eigenvalue weighted by atomic mass is 10.1. The summed E-state index contributed by atoms with van der Waals surface area (Å²) in [4.78, 5) is 17.7. The van der Waals surface area contributed by atoms with Crippen molar-refractivity contribution in [1.29, 1.82) is 0 Å². The van der Waals surface area contributed by atoms with Crippen molar-refractivity contribution in [2.75, 3.05) is 29.9 Å². The highest BCUT2D eigenvalue weighted by molar-refractivity contribution is 5.98. The van der Waals surface area contributed by atoms with Gasteiger partial charge in [-0.2, -0.15) is 0 Å². The molecule has 0 radical (unpaired) electrons. The van der Waals surface area contributed by atoms with E-state index in [9.17, 15) is 4.79 Å². The van der Waals surface area contributed by atoms with Crippen molar-refractivity contribution >= 4 is 17.3 Å². The minimum absolute atomic E-state index is 0.445. The zero-order valence-electron chi connectivity index (χ0n) is 12.4. The topological polar surface area (TPSA) is 71.2 Å². The molecule has 1 amide bonds. The second-order valence-corrected chi connectivity index (χ2v) is 5.60. The first-order valence-electron chi connectivity index (χ1n) is 7.51. The van der Waals surface area contributed by atoms with Gasteiger partial charge >= 0.3 is 0 Å². The molecule has 1 aromatic heterocycles. The number of anilines is 2. The summed E-state index contributed by atoms with van der Waals surface area (Å²) < 4.78 is 0. The molecule has 2 heterocycles. The second-order valence-electron chi connectivity index (χ2n) is 5.60. The van der Waals surface area contributed by atoms with Gasteiger partial charge in [-0.05, 0) is 30.5 Å². The van der Waals surface area contributed by atoms with Crippen LogP contribution >= 0.6 is 0 Å². The molecule has 0 spiro atoms. The second kappa shape index (κ2) is 6.47. The number of pyridine rings is 1. The van der Waals surface area contributed by atoms with Crippen molar-refractivity contribution in [3.63, 3.8) is 0 Å². The largest absolute Gasteiger partial charge is 0.384 e. The molecule has 114 valence electrons. The predicted molar refractivity (Wildman–Crippen MR) is 88.0 cm³/mol. The third-order valence-electron chi connectivity index (χ3n) is 4.07. The van der Waals surface area contributed by atoms with Crippen molar-refractivity contribution in [3.05, 3.63) is 54.4 Å². The molecule has 1 aliphatic rings. The molecule has 1 fully saturated rings. The van der Waals surface area contributed by atoms with Crippen molar-refractivity contribution in [2.24, 2.45) is 11.7 Å². The fourth-order valence-electron chi connectivity index (χ4n) is 2.87. The molecule has 2 aromatic rings. The molecular formula is C17H20N4O. The number of benzene rings is 1. The maximum absolute atomic E-state index is 11.4. The summed E-state index contributed by atoms with van der Waals surface area (Å²) in [6, 6.07) is 12.2. The highest BCUT2D eigenvalue weighted by atomic mass is 16.1. The fraction of sp³-hybridized carbons (Fsp3) is 0.294. The molecule has 1 atom stereocenters.